The van der Waals surface area contributed by atoms with Crippen LogP contribution < -0.4 is 10.2 Å². The third-order valence-electron chi connectivity index (χ3n) is 4.64. The summed E-state index contributed by atoms with van der Waals surface area (Å²) >= 11 is 0. The summed E-state index contributed by atoms with van der Waals surface area (Å²) < 4.78 is 0. The molecule has 21 heavy (non-hydrogen) atoms. The highest BCUT2D eigenvalue weighted by Crippen LogP contribution is 2.35. The van der Waals surface area contributed by atoms with E-state index in [-0.39, 0.29) is 0 Å². The van der Waals surface area contributed by atoms with Crippen LogP contribution in [-0.4, -0.2) is 36.4 Å². The van der Waals surface area contributed by atoms with Crippen molar-refractivity contribution in [1.29, 1.82) is 0 Å². The molecule has 1 aromatic carbocycles. The van der Waals surface area contributed by atoms with Crippen molar-refractivity contribution in [3.05, 3.63) is 35.4 Å². The van der Waals surface area contributed by atoms with Gasteiger partial charge in [-0.05, 0) is 37.8 Å². The molecule has 4 heteroatoms. The Hall–Kier alpha value is -1.81. The molecule has 0 amide bonds. The van der Waals surface area contributed by atoms with E-state index in [0.29, 0.717) is 0 Å². The number of fused-ring (bicyclic) bond motifs is 3. The zero-order chi connectivity index (χ0) is 14.1. The first-order valence-corrected chi connectivity index (χ1v) is 8.04. The molecule has 4 nitrogen and oxygen atoms in total. The van der Waals surface area contributed by atoms with Crippen LogP contribution in [0, 0.1) is 0 Å². The molecule has 0 unspecified atom stereocenters. The Morgan fingerprint density at radius 2 is 1.95 bits per heavy atom. The fourth-order valence-corrected chi connectivity index (χ4v) is 3.57. The van der Waals surface area contributed by atoms with E-state index in [1.807, 2.05) is 0 Å². The van der Waals surface area contributed by atoms with Gasteiger partial charge in [-0.3, -0.25) is 5.10 Å². The van der Waals surface area contributed by atoms with Crippen LogP contribution in [0.25, 0.3) is 11.3 Å². The van der Waals surface area contributed by atoms with Gasteiger partial charge in [-0.2, -0.15) is 5.10 Å². The zero-order valence-electron chi connectivity index (χ0n) is 12.4. The average Bonchev–Trinajstić information content (AvgIpc) is 2.70. The lowest BCUT2D eigenvalue weighted by molar-refractivity contribution is 0.724. The number of hydrogen-bond donors (Lipinski definition) is 2. The number of aryl methyl sites for hydroxylation is 1. The summed E-state index contributed by atoms with van der Waals surface area (Å²) in [6.45, 7) is 4.33. The molecule has 4 rings (SSSR count). The molecule has 0 atom stereocenters. The molecular formula is C17H22N4. The molecule has 0 bridgehead atoms. The van der Waals surface area contributed by atoms with Gasteiger partial charge in [-0.15, -0.1) is 0 Å². The molecular weight excluding hydrogens is 260 g/mol. The van der Waals surface area contributed by atoms with Gasteiger partial charge in [0.05, 0.1) is 5.69 Å². The van der Waals surface area contributed by atoms with Crippen LogP contribution in [0.3, 0.4) is 0 Å². The molecule has 0 saturated carbocycles. The predicted octanol–water partition coefficient (Wildman–Crippen LogP) is 2.37. The van der Waals surface area contributed by atoms with E-state index in [4.69, 9.17) is 0 Å². The van der Waals surface area contributed by atoms with Crippen LogP contribution in [0.15, 0.2) is 24.3 Å². The van der Waals surface area contributed by atoms with E-state index < -0.39 is 0 Å². The van der Waals surface area contributed by atoms with Crippen molar-refractivity contribution in [3.8, 4) is 11.3 Å². The van der Waals surface area contributed by atoms with Crippen molar-refractivity contribution in [1.82, 2.24) is 15.5 Å². The third-order valence-corrected chi connectivity index (χ3v) is 4.64. The first-order valence-electron chi connectivity index (χ1n) is 8.04. The minimum Gasteiger partial charge on any atom is -0.354 e. The van der Waals surface area contributed by atoms with Gasteiger partial charge in [0.15, 0.2) is 5.82 Å². The highest BCUT2D eigenvalue weighted by molar-refractivity contribution is 5.73. The minimum absolute atomic E-state index is 1.05. The Labute approximate surface area is 125 Å². The predicted molar refractivity (Wildman–Crippen MR) is 85.7 cm³/mol. The quantitative estimate of drug-likeness (QED) is 0.844. The van der Waals surface area contributed by atoms with E-state index in [1.54, 1.807) is 0 Å². The lowest BCUT2D eigenvalue weighted by Gasteiger charge is -2.21. The maximum atomic E-state index is 4.68. The van der Waals surface area contributed by atoms with Crippen LogP contribution in [0.1, 0.15) is 24.0 Å². The average molecular weight is 282 g/mol. The van der Waals surface area contributed by atoms with Gasteiger partial charge in [0.1, 0.15) is 0 Å². The zero-order valence-corrected chi connectivity index (χ0v) is 12.4. The molecule has 1 aromatic heterocycles. The van der Waals surface area contributed by atoms with E-state index in [1.165, 1.54) is 47.5 Å². The molecule has 2 aliphatic rings. The lowest BCUT2D eigenvalue weighted by atomic mass is 10.0. The van der Waals surface area contributed by atoms with Gasteiger partial charge in [0.2, 0.25) is 0 Å². The van der Waals surface area contributed by atoms with E-state index in [9.17, 15) is 0 Å². The number of H-pyrrole nitrogens is 1. The van der Waals surface area contributed by atoms with Crippen LogP contribution in [-0.2, 0) is 12.8 Å². The molecule has 1 aliphatic carbocycles. The topological polar surface area (TPSA) is 44.0 Å². The van der Waals surface area contributed by atoms with Crippen molar-refractivity contribution in [3.63, 3.8) is 0 Å². The lowest BCUT2D eigenvalue weighted by Crippen LogP contribution is -2.28. The van der Waals surface area contributed by atoms with Gasteiger partial charge < -0.3 is 10.2 Å². The summed E-state index contributed by atoms with van der Waals surface area (Å²) in [5, 5.41) is 11.5. The van der Waals surface area contributed by atoms with Crippen LogP contribution in [0.5, 0.6) is 0 Å². The number of nitrogens with zero attached hydrogens (tertiary/aromatic N) is 2. The molecule has 0 radical (unpaired) electrons. The normalized spacial score (nSPS) is 18.6. The third kappa shape index (κ3) is 2.33. The summed E-state index contributed by atoms with van der Waals surface area (Å²) in [4.78, 5) is 2.45. The maximum Gasteiger partial charge on any atom is 0.154 e. The molecule has 1 saturated heterocycles. The van der Waals surface area contributed by atoms with Gasteiger partial charge in [0.25, 0.3) is 0 Å². The Morgan fingerprint density at radius 3 is 2.95 bits per heavy atom. The number of anilines is 1. The SMILES string of the molecule is c1ccc2c(c1)CCCc1c(N3CCCNCC3)n[nH]c1-2. The second kappa shape index (κ2) is 5.53. The summed E-state index contributed by atoms with van der Waals surface area (Å²) in [7, 11) is 0. The summed E-state index contributed by atoms with van der Waals surface area (Å²) in [6.07, 6.45) is 4.69. The first-order chi connectivity index (χ1) is 10.4. The molecule has 110 valence electrons. The Bertz CT molecular complexity index is 623. The fraction of sp³-hybridized carbons (Fsp3) is 0.471. The summed E-state index contributed by atoms with van der Waals surface area (Å²) in [5.41, 5.74) is 5.46. The fourth-order valence-electron chi connectivity index (χ4n) is 3.57. The molecule has 2 aromatic rings. The standard InChI is InChI=1S/C17H22N4/c1-2-7-14-13(5-1)6-3-8-15-16(14)19-20-17(15)21-11-4-9-18-10-12-21/h1-2,5,7,18H,3-4,6,8-12H2,(H,19,20). The Balaban J connectivity index is 1.75. The van der Waals surface area contributed by atoms with Crippen molar-refractivity contribution in [2.24, 2.45) is 0 Å². The maximum absolute atomic E-state index is 4.68. The van der Waals surface area contributed by atoms with Gasteiger partial charge in [-0.25, -0.2) is 0 Å². The highest BCUT2D eigenvalue weighted by atomic mass is 15.3. The monoisotopic (exact) mass is 282 g/mol. The molecule has 2 heterocycles. The van der Waals surface area contributed by atoms with E-state index in [2.05, 4.69) is 44.7 Å². The van der Waals surface area contributed by atoms with Gasteiger partial charge >= 0.3 is 0 Å². The smallest absolute Gasteiger partial charge is 0.154 e. The number of nitrogens with one attached hydrogen (secondary N) is 2. The van der Waals surface area contributed by atoms with Crippen LogP contribution in [0.4, 0.5) is 5.82 Å². The highest BCUT2D eigenvalue weighted by Gasteiger charge is 2.23. The number of rotatable bonds is 1. The second-order valence-corrected chi connectivity index (χ2v) is 6.00. The van der Waals surface area contributed by atoms with Crippen LogP contribution >= 0.6 is 0 Å². The van der Waals surface area contributed by atoms with Gasteiger partial charge in [0, 0.05) is 30.8 Å². The first kappa shape index (κ1) is 12.9. The number of aromatic amines is 1. The molecule has 1 fully saturated rings. The molecule has 0 spiro atoms. The number of aromatic nitrogens is 2. The summed E-state index contributed by atoms with van der Waals surface area (Å²) in [6, 6.07) is 8.75. The Morgan fingerprint density at radius 1 is 1.00 bits per heavy atom. The second-order valence-electron chi connectivity index (χ2n) is 6.00. The largest absolute Gasteiger partial charge is 0.354 e. The van der Waals surface area contributed by atoms with E-state index in [0.717, 1.165) is 32.6 Å². The summed E-state index contributed by atoms with van der Waals surface area (Å²) in [5.74, 6) is 1.19. The van der Waals surface area contributed by atoms with Crippen molar-refractivity contribution in [2.75, 3.05) is 31.1 Å². The van der Waals surface area contributed by atoms with Crippen molar-refractivity contribution < 1.29 is 0 Å². The number of benzene rings is 1. The molecule has 1 aliphatic heterocycles. The van der Waals surface area contributed by atoms with Gasteiger partial charge in [-0.1, -0.05) is 24.3 Å². The van der Waals surface area contributed by atoms with E-state index >= 15 is 0 Å². The number of hydrogen-bond acceptors (Lipinski definition) is 3. The Kier molecular flexibility index (Phi) is 3.39. The van der Waals surface area contributed by atoms with Crippen LogP contribution in [0.2, 0.25) is 0 Å². The van der Waals surface area contributed by atoms with Crippen molar-refractivity contribution in [2.45, 2.75) is 25.7 Å². The minimum atomic E-state index is 1.05. The molecule has 2 N–H and O–H groups in total. The van der Waals surface area contributed by atoms with Crippen molar-refractivity contribution >= 4 is 5.82 Å².